The minimum Gasteiger partial charge on any atom is -0.494 e. The number of aryl methyl sites for hydroxylation is 1. The predicted octanol–water partition coefficient (Wildman–Crippen LogP) is 4.67. The molecule has 2 amide bonds. The zero-order chi connectivity index (χ0) is 29.3. The number of anilines is 1. The van der Waals surface area contributed by atoms with Gasteiger partial charge in [-0.3, -0.25) is 13.9 Å². The Bertz CT molecular complexity index is 1380. The molecule has 3 rings (SSSR count). The second-order valence-corrected chi connectivity index (χ2v) is 11.2. The van der Waals surface area contributed by atoms with E-state index in [1.54, 1.807) is 6.92 Å². The predicted molar refractivity (Wildman–Crippen MR) is 153 cm³/mol. The van der Waals surface area contributed by atoms with Crippen LogP contribution in [0.5, 0.6) is 5.75 Å². The second kappa shape index (κ2) is 13.9. The zero-order valence-electron chi connectivity index (χ0n) is 23.3. The van der Waals surface area contributed by atoms with Gasteiger partial charge in [0, 0.05) is 13.1 Å². The van der Waals surface area contributed by atoms with E-state index in [0.717, 1.165) is 34.0 Å². The number of carbonyl (C=O) groups is 2. The molecular weight excluding hydrogens is 533 g/mol. The average molecular weight is 570 g/mol. The standard InChI is InChI=1S/C30H36FN3O5S/c1-5-19-32-30(36)23(4)33(20-24-9-7-22(3)8-10-24)29(35)21-34(26-13-11-25(31)12-14-26)40(37,38)28-17-15-27(16-18-28)39-6-2/h7-18,23H,5-6,19-21H2,1-4H3,(H,32,36)/t23-/m1/s1. The van der Waals surface area contributed by atoms with Gasteiger partial charge in [0.05, 0.1) is 17.2 Å². The van der Waals surface area contributed by atoms with E-state index in [1.807, 2.05) is 45.0 Å². The highest BCUT2D eigenvalue weighted by Crippen LogP contribution is 2.26. The van der Waals surface area contributed by atoms with Gasteiger partial charge in [0.2, 0.25) is 11.8 Å². The third-order valence-corrected chi connectivity index (χ3v) is 8.09. The molecule has 8 nitrogen and oxygen atoms in total. The van der Waals surface area contributed by atoms with Crippen molar-refractivity contribution in [2.24, 2.45) is 0 Å². The molecule has 0 fully saturated rings. The van der Waals surface area contributed by atoms with E-state index in [1.165, 1.54) is 41.3 Å². The summed E-state index contributed by atoms with van der Waals surface area (Å²) in [5.41, 5.74) is 1.94. The number of ether oxygens (including phenoxy) is 1. The van der Waals surface area contributed by atoms with Gasteiger partial charge in [0.25, 0.3) is 10.0 Å². The average Bonchev–Trinajstić information content (AvgIpc) is 2.94. The number of hydrogen-bond donors (Lipinski definition) is 1. The molecule has 1 atom stereocenters. The summed E-state index contributed by atoms with van der Waals surface area (Å²) < 4.78 is 47.8. The fourth-order valence-corrected chi connectivity index (χ4v) is 5.42. The zero-order valence-corrected chi connectivity index (χ0v) is 24.1. The topological polar surface area (TPSA) is 96.0 Å². The molecule has 0 aliphatic rings. The second-order valence-electron chi connectivity index (χ2n) is 9.37. The van der Waals surface area contributed by atoms with Gasteiger partial charge in [-0.25, -0.2) is 12.8 Å². The van der Waals surface area contributed by atoms with E-state index < -0.39 is 34.3 Å². The number of amides is 2. The molecule has 40 heavy (non-hydrogen) atoms. The highest BCUT2D eigenvalue weighted by molar-refractivity contribution is 7.92. The van der Waals surface area contributed by atoms with Crippen LogP contribution in [-0.2, 0) is 26.2 Å². The van der Waals surface area contributed by atoms with E-state index in [4.69, 9.17) is 4.74 Å². The maximum atomic E-state index is 13.8. The summed E-state index contributed by atoms with van der Waals surface area (Å²) in [6.07, 6.45) is 0.725. The first-order chi connectivity index (χ1) is 19.1. The molecule has 10 heteroatoms. The third-order valence-electron chi connectivity index (χ3n) is 6.31. The molecule has 0 spiro atoms. The van der Waals surface area contributed by atoms with Gasteiger partial charge in [-0.2, -0.15) is 0 Å². The molecule has 0 unspecified atom stereocenters. The SMILES string of the molecule is CCCNC(=O)[C@@H](C)N(Cc1ccc(C)cc1)C(=O)CN(c1ccc(F)cc1)S(=O)(=O)c1ccc(OCC)cc1. The van der Waals surface area contributed by atoms with Crippen molar-refractivity contribution >= 4 is 27.5 Å². The molecule has 3 aromatic carbocycles. The van der Waals surface area contributed by atoms with Crippen LogP contribution in [0.1, 0.15) is 38.3 Å². The molecule has 0 saturated carbocycles. The van der Waals surface area contributed by atoms with Crippen LogP contribution >= 0.6 is 0 Å². The van der Waals surface area contributed by atoms with Crippen LogP contribution in [-0.4, -0.2) is 50.9 Å². The van der Waals surface area contributed by atoms with Crippen LogP contribution in [0.25, 0.3) is 0 Å². The van der Waals surface area contributed by atoms with Crippen molar-refractivity contribution in [1.29, 1.82) is 0 Å². The van der Waals surface area contributed by atoms with E-state index in [-0.39, 0.29) is 23.0 Å². The van der Waals surface area contributed by atoms with Gasteiger partial charge in [-0.15, -0.1) is 0 Å². The number of carbonyl (C=O) groups excluding carboxylic acids is 2. The van der Waals surface area contributed by atoms with Crippen LogP contribution in [0.15, 0.2) is 77.7 Å². The summed E-state index contributed by atoms with van der Waals surface area (Å²) in [7, 11) is -4.26. The minimum absolute atomic E-state index is 0.0631. The molecule has 0 aromatic heterocycles. The van der Waals surface area contributed by atoms with E-state index in [9.17, 15) is 22.4 Å². The minimum atomic E-state index is -4.26. The highest BCUT2D eigenvalue weighted by atomic mass is 32.2. The summed E-state index contributed by atoms with van der Waals surface area (Å²) in [5, 5.41) is 2.81. The smallest absolute Gasteiger partial charge is 0.264 e. The lowest BCUT2D eigenvalue weighted by atomic mass is 10.1. The summed E-state index contributed by atoms with van der Waals surface area (Å²) in [6.45, 7) is 7.66. The molecule has 0 aliphatic heterocycles. The fourth-order valence-electron chi connectivity index (χ4n) is 4.01. The van der Waals surface area contributed by atoms with Crippen LogP contribution in [0.3, 0.4) is 0 Å². The largest absolute Gasteiger partial charge is 0.494 e. The third kappa shape index (κ3) is 7.81. The van der Waals surface area contributed by atoms with Gasteiger partial charge in [-0.1, -0.05) is 36.8 Å². The number of halogens is 1. The van der Waals surface area contributed by atoms with Gasteiger partial charge in [-0.05, 0) is 81.3 Å². The van der Waals surface area contributed by atoms with Crippen molar-refractivity contribution in [1.82, 2.24) is 10.2 Å². The van der Waals surface area contributed by atoms with Gasteiger partial charge in [0.1, 0.15) is 24.2 Å². The lowest BCUT2D eigenvalue weighted by Crippen LogP contribution is -2.51. The molecule has 0 aliphatic carbocycles. The normalized spacial score (nSPS) is 11.9. The van der Waals surface area contributed by atoms with Crippen molar-refractivity contribution in [3.8, 4) is 5.75 Å². The van der Waals surface area contributed by atoms with Crippen molar-refractivity contribution in [3.63, 3.8) is 0 Å². The fraction of sp³-hybridized carbons (Fsp3) is 0.333. The van der Waals surface area contributed by atoms with Crippen LogP contribution < -0.4 is 14.4 Å². The Morgan fingerprint density at radius 3 is 2.15 bits per heavy atom. The summed E-state index contributed by atoms with van der Waals surface area (Å²) >= 11 is 0. The molecule has 1 N–H and O–H groups in total. The first-order valence-corrected chi connectivity index (χ1v) is 14.6. The lowest BCUT2D eigenvalue weighted by Gasteiger charge is -2.32. The Morgan fingerprint density at radius 1 is 0.950 bits per heavy atom. The summed E-state index contributed by atoms with van der Waals surface area (Å²) in [6, 6.07) is 17.4. The maximum absolute atomic E-state index is 13.8. The number of sulfonamides is 1. The molecule has 214 valence electrons. The van der Waals surface area contributed by atoms with E-state index >= 15 is 0 Å². The number of benzene rings is 3. The van der Waals surface area contributed by atoms with Gasteiger partial charge in [0.15, 0.2) is 0 Å². The number of nitrogens with one attached hydrogen (secondary N) is 1. The van der Waals surface area contributed by atoms with E-state index in [0.29, 0.717) is 18.9 Å². The Morgan fingerprint density at radius 2 is 1.57 bits per heavy atom. The van der Waals surface area contributed by atoms with E-state index in [2.05, 4.69) is 5.32 Å². The number of rotatable bonds is 13. The highest BCUT2D eigenvalue weighted by Gasteiger charge is 2.32. The molecule has 0 saturated heterocycles. The van der Waals surface area contributed by atoms with Gasteiger partial charge < -0.3 is 15.0 Å². The first kappa shape index (κ1) is 30.6. The molecule has 0 heterocycles. The Kier molecular flexibility index (Phi) is 10.7. The maximum Gasteiger partial charge on any atom is 0.264 e. The monoisotopic (exact) mass is 569 g/mol. The number of hydrogen-bond acceptors (Lipinski definition) is 5. The van der Waals surface area contributed by atoms with Crippen molar-refractivity contribution in [3.05, 3.63) is 89.7 Å². The summed E-state index contributed by atoms with van der Waals surface area (Å²) in [4.78, 5) is 28.0. The van der Waals surface area contributed by atoms with Crippen LogP contribution in [0.2, 0.25) is 0 Å². The van der Waals surface area contributed by atoms with Crippen molar-refractivity contribution in [2.75, 3.05) is 24.0 Å². The Hall–Kier alpha value is -3.92. The molecule has 3 aromatic rings. The molecular formula is C30H36FN3O5S. The number of nitrogens with zero attached hydrogens (tertiary/aromatic N) is 2. The molecule has 0 bridgehead atoms. The quantitative estimate of drug-likeness (QED) is 0.323. The van der Waals surface area contributed by atoms with Crippen molar-refractivity contribution < 1.29 is 27.1 Å². The lowest BCUT2D eigenvalue weighted by molar-refractivity contribution is -0.139. The van der Waals surface area contributed by atoms with Crippen molar-refractivity contribution in [2.45, 2.75) is 51.6 Å². The van der Waals surface area contributed by atoms with Crippen LogP contribution in [0, 0.1) is 12.7 Å². The summed E-state index contributed by atoms with van der Waals surface area (Å²) in [5.74, 6) is -0.971. The van der Waals surface area contributed by atoms with Crippen LogP contribution in [0.4, 0.5) is 10.1 Å². The Labute approximate surface area is 235 Å². The Balaban J connectivity index is 2.00. The molecule has 0 radical (unpaired) electrons. The first-order valence-electron chi connectivity index (χ1n) is 13.2. The van der Waals surface area contributed by atoms with Gasteiger partial charge >= 0.3 is 0 Å².